The number of rotatable bonds is 5. The molecule has 0 saturated carbocycles. The smallest absolute Gasteiger partial charge is 0.342 e. The van der Waals surface area contributed by atoms with Crippen molar-refractivity contribution in [3.05, 3.63) is 35.9 Å². The van der Waals surface area contributed by atoms with Crippen LogP contribution in [0.1, 0.15) is 24.8 Å². The Labute approximate surface area is 128 Å². The van der Waals surface area contributed by atoms with Crippen LogP contribution in [-0.2, 0) is 4.79 Å². The zero-order valence-electron chi connectivity index (χ0n) is 11.9. The highest BCUT2D eigenvalue weighted by Gasteiger charge is 2.42. The van der Waals surface area contributed by atoms with Crippen LogP contribution in [0.15, 0.2) is 30.3 Å². The summed E-state index contributed by atoms with van der Waals surface area (Å²) < 4.78 is 39.4. The van der Waals surface area contributed by atoms with Gasteiger partial charge in [0, 0.05) is 26.1 Å². The third-order valence-electron chi connectivity index (χ3n) is 3.37. The van der Waals surface area contributed by atoms with Crippen molar-refractivity contribution in [3.63, 3.8) is 0 Å². The fourth-order valence-electron chi connectivity index (χ4n) is 1.83. The number of carbonyl (C=O) groups excluding carboxylic acids is 1. The molecule has 0 fully saturated rings. The number of amides is 1. The number of likely N-dealkylation sites (N-methyl/N-ethyl adjacent to an activating group) is 1. The van der Waals surface area contributed by atoms with E-state index in [1.54, 1.807) is 13.0 Å². The summed E-state index contributed by atoms with van der Waals surface area (Å²) in [6.45, 7) is 1.91. The molecule has 21 heavy (non-hydrogen) atoms. The lowest BCUT2D eigenvalue weighted by molar-refractivity contribution is -0.160. The predicted octanol–water partition coefficient (Wildman–Crippen LogP) is 2.95. The Kier molecular flexibility index (Phi) is 7.74. The summed E-state index contributed by atoms with van der Waals surface area (Å²) >= 11 is 0. The second-order valence-corrected chi connectivity index (χ2v) is 4.80. The van der Waals surface area contributed by atoms with E-state index in [1.165, 1.54) is 36.2 Å². The van der Waals surface area contributed by atoms with Crippen LogP contribution < -0.4 is 5.73 Å². The summed E-state index contributed by atoms with van der Waals surface area (Å²) in [5, 5.41) is 0. The molecule has 1 amide bonds. The highest BCUT2D eigenvalue weighted by Crippen LogP contribution is 2.37. The van der Waals surface area contributed by atoms with E-state index in [2.05, 4.69) is 0 Å². The first kappa shape index (κ1) is 19.7. The Hall–Kier alpha value is -1.27. The van der Waals surface area contributed by atoms with Crippen LogP contribution in [0.4, 0.5) is 13.2 Å². The fourth-order valence-corrected chi connectivity index (χ4v) is 1.83. The zero-order chi connectivity index (χ0) is 15.3. The van der Waals surface area contributed by atoms with Crippen molar-refractivity contribution in [1.29, 1.82) is 0 Å². The van der Waals surface area contributed by atoms with Gasteiger partial charge in [0.15, 0.2) is 0 Å². The summed E-state index contributed by atoms with van der Waals surface area (Å²) in [5.41, 5.74) is 5.52. The number of nitrogens with zero attached hydrogens (tertiary/aromatic N) is 1. The minimum absolute atomic E-state index is 0. The second-order valence-electron chi connectivity index (χ2n) is 4.80. The van der Waals surface area contributed by atoms with E-state index in [1.807, 2.05) is 0 Å². The average molecular weight is 325 g/mol. The molecule has 1 aromatic rings. The highest BCUT2D eigenvalue weighted by atomic mass is 35.5. The van der Waals surface area contributed by atoms with Gasteiger partial charge < -0.3 is 10.6 Å². The molecule has 1 aromatic carbocycles. The fraction of sp³-hybridized carbons (Fsp3) is 0.500. The van der Waals surface area contributed by atoms with Crippen molar-refractivity contribution in [3.8, 4) is 0 Å². The Balaban J connectivity index is 0.00000400. The number of carbonyl (C=O) groups is 1. The first-order chi connectivity index (χ1) is 9.27. The van der Waals surface area contributed by atoms with E-state index in [4.69, 9.17) is 5.73 Å². The van der Waals surface area contributed by atoms with Crippen molar-refractivity contribution in [1.82, 2.24) is 4.90 Å². The lowest BCUT2D eigenvalue weighted by Gasteiger charge is -2.27. The van der Waals surface area contributed by atoms with Gasteiger partial charge in [-0.15, -0.1) is 12.4 Å². The molecule has 2 N–H and O–H groups in total. The van der Waals surface area contributed by atoms with Crippen molar-refractivity contribution in [2.24, 2.45) is 5.73 Å². The number of alkyl halides is 3. The summed E-state index contributed by atoms with van der Waals surface area (Å²) in [4.78, 5) is 13.2. The van der Waals surface area contributed by atoms with Crippen molar-refractivity contribution in [2.75, 3.05) is 13.6 Å². The Bertz CT molecular complexity index is 440. The molecule has 0 heterocycles. The number of hydrogen-bond acceptors (Lipinski definition) is 2. The van der Waals surface area contributed by atoms with Gasteiger partial charge in [0.1, 0.15) is 0 Å². The van der Waals surface area contributed by atoms with Crippen LogP contribution in [0.5, 0.6) is 0 Å². The molecule has 0 aliphatic carbocycles. The van der Waals surface area contributed by atoms with Gasteiger partial charge in [-0.25, -0.2) is 0 Å². The third-order valence-corrected chi connectivity index (χ3v) is 3.37. The van der Waals surface area contributed by atoms with Gasteiger partial charge in [-0.1, -0.05) is 30.3 Å². The molecular formula is C14H20ClF3N2O. The van der Waals surface area contributed by atoms with Gasteiger partial charge in [-0.3, -0.25) is 4.79 Å². The molecule has 3 nitrogen and oxygen atoms in total. The van der Waals surface area contributed by atoms with Crippen LogP contribution >= 0.6 is 12.4 Å². The van der Waals surface area contributed by atoms with E-state index < -0.39 is 24.4 Å². The molecule has 120 valence electrons. The molecule has 0 aromatic heterocycles. The van der Waals surface area contributed by atoms with Crippen molar-refractivity contribution >= 4 is 18.3 Å². The molecular weight excluding hydrogens is 305 g/mol. The van der Waals surface area contributed by atoms with Crippen LogP contribution in [-0.4, -0.2) is 36.6 Å². The highest BCUT2D eigenvalue weighted by molar-refractivity contribution is 5.85. The van der Waals surface area contributed by atoms with Crippen molar-refractivity contribution in [2.45, 2.75) is 31.5 Å². The molecule has 0 bridgehead atoms. The van der Waals surface area contributed by atoms with Gasteiger partial charge in [-0.05, 0) is 12.5 Å². The standard InChI is InChI=1S/C14H19F3N2O.ClH/c1-10(9-18)19(2)13(20)8-12(14(15,16)17)11-6-4-3-5-7-11;/h3-7,10,12H,8-9,18H2,1-2H3;1H. The SMILES string of the molecule is CC(CN)N(C)C(=O)CC(c1ccccc1)C(F)(F)F.Cl. The maximum atomic E-state index is 13.1. The molecule has 1 rings (SSSR count). The summed E-state index contributed by atoms with van der Waals surface area (Å²) in [6, 6.07) is 7.19. The van der Waals surface area contributed by atoms with Gasteiger partial charge >= 0.3 is 6.18 Å². The van der Waals surface area contributed by atoms with E-state index >= 15 is 0 Å². The molecule has 0 saturated heterocycles. The van der Waals surface area contributed by atoms with Gasteiger partial charge in [0.05, 0.1) is 5.92 Å². The van der Waals surface area contributed by atoms with Crippen molar-refractivity contribution < 1.29 is 18.0 Å². The Morgan fingerprint density at radius 2 is 1.81 bits per heavy atom. The largest absolute Gasteiger partial charge is 0.396 e. The van der Waals surface area contributed by atoms with E-state index in [9.17, 15) is 18.0 Å². The lowest BCUT2D eigenvalue weighted by Crippen LogP contribution is -2.41. The normalized spacial score (nSPS) is 14.0. The van der Waals surface area contributed by atoms with Gasteiger partial charge in [0.2, 0.25) is 5.91 Å². The number of halogens is 4. The first-order valence-electron chi connectivity index (χ1n) is 6.34. The Morgan fingerprint density at radius 3 is 2.24 bits per heavy atom. The summed E-state index contributed by atoms with van der Waals surface area (Å²) in [5.74, 6) is -2.35. The minimum Gasteiger partial charge on any atom is -0.342 e. The summed E-state index contributed by atoms with van der Waals surface area (Å²) in [7, 11) is 1.47. The number of nitrogens with two attached hydrogens (primary N) is 1. The molecule has 2 atom stereocenters. The molecule has 7 heteroatoms. The van der Waals surface area contributed by atoms with E-state index in [0.717, 1.165) is 0 Å². The zero-order valence-corrected chi connectivity index (χ0v) is 12.7. The third kappa shape index (κ3) is 5.55. The number of benzene rings is 1. The number of hydrogen-bond donors (Lipinski definition) is 1. The van der Waals surface area contributed by atoms with Crippen LogP contribution in [0.2, 0.25) is 0 Å². The molecule has 0 aliphatic heterocycles. The monoisotopic (exact) mass is 324 g/mol. The molecule has 0 aliphatic rings. The Morgan fingerprint density at radius 1 is 1.29 bits per heavy atom. The first-order valence-corrected chi connectivity index (χ1v) is 6.34. The van der Waals surface area contributed by atoms with Gasteiger partial charge in [-0.2, -0.15) is 13.2 Å². The van der Waals surface area contributed by atoms with E-state index in [-0.39, 0.29) is 30.6 Å². The molecule has 0 radical (unpaired) electrons. The van der Waals surface area contributed by atoms with Crippen LogP contribution in [0.3, 0.4) is 0 Å². The van der Waals surface area contributed by atoms with Gasteiger partial charge in [0.25, 0.3) is 0 Å². The average Bonchev–Trinajstić information content (AvgIpc) is 2.42. The summed E-state index contributed by atoms with van der Waals surface area (Å²) in [6.07, 6.45) is -5.06. The second kappa shape index (κ2) is 8.24. The predicted molar refractivity (Wildman–Crippen MR) is 78.4 cm³/mol. The minimum atomic E-state index is -4.45. The maximum absolute atomic E-state index is 13.1. The topological polar surface area (TPSA) is 46.3 Å². The molecule has 0 spiro atoms. The maximum Gasteiger partial charge on any atom is 0.396 e. The quantitative estimate of drug-likeness (QED) is 0.905. The lowest BCUT2D eigenvalue weighted by atomic mass is 9.94. The van der Waals surface area contributed by atoms with Crippen LogP contribution in [0.25, 0.3) is 0 Å². The van der Waals surface area contributed by atoms with E-state index in [0.29, 0.717) is 0 Å². The molecule has 2 unspecified atom stereocenters. The van der Waals surface area contributed by atoms with Crippen LogP contribution in [0, 0.1) is 0 Å².